The summed E-state index contributed by atoms with van der Waals surface area (Å²) in [6.07, 6.45) is 0.0957. The van der Waals surface area contributed by atoms with E-state index >= 15 is 0 Å². The summed E-state index contributed by atoms with van der Waals surface area (Å²) < 4.78 is 5.89. The molecule has 0 heterocycles. The van der Waals surface area contributed by atoms with Gasteiger partial charge in [-0.1, -0.05) is 35.0 Å². The first-order chi connectivity index (χ1) is 9.97. The fourth-order valence-corrected chi connectivity index (χ4v) is 2.02. The molecule has 1 aromatic rings. The van der Waals surface area contributed by atoms with Crippen molar-refractivity contribution in [3.63, 3.8) is 0 Å². The Bertz CT molecular complexity index is 482. The second-order valence-electron chi connectivity index (χ2n) is 4.76. The minimum atomic E-state index is -0.418. The van der Waals surface area contributed by atoms with Gasteiger partial charge in [0, 0.05) is 16.9 Å². The minimum Gasteiger partial charge on any atom is -0.466 e. The van der Waals surface area contributed by atoms with Gasteiger partial charge in [0.1, 0.15) is 0 Å². The molecule has 2 atom stereocenters. The normalized spacial score (nSPS) is 12.7. The van der Waals surface area contributed by atoms with Crippen molar-refractivity contribution in [3.05, 3.63) is 34.3 Å². The van der Waals surface area contributed by atoms with Crippen LogP contribution >= 0.6 is 28.3 Å². The Hall–Kier alpha value is -1.11. The van der Waals surface area contributed by atoms with Crippen LogP contribution < -0.4 is 11.1 Å². The number of amides is 1. The Balaban J connectivity index is 0.00000441. The first-order valence-corrected chi connectivity index (χ1v) is 7.68. The standard InChI is InChI=1S/C15H21BrN2O3.ClH/c1-3-21-14(19)8-13(18-15(20)10(2)9-17)11-4-6-12(16)7-5-11;/h4-7,10,13H,3,8-9,17H2,1-2H3,(H,18,20);1H. The van der Waals surface area contributed by atoms with Crippen LogP contribution in [0.5, 0.6) is 0 Å². The maximum Gasteiger partial charge on any atom is 0.308 e. The molecule has 0 radical (unpaired) electrons. The molecule has 0 fully saturated rings. The molecule has 3 N–H and O–H groups in total. The summed E-state index contributed by atoms with van der Waals surface area (Å²) >= 11 is 3.36. The third-order valence-corrected chi connectivity index (χ3v) is 3.59. The van der Waals surface area contributed by atoms with E-state index in [9.17, 15) is 9.59 Å². The van der Waals surface area contributed by atoms with Gasteiger partial charge in [0.2, 0.25) is 5.91 Å². The van der Waals surface area contributed by atoms with Gasteiger partial charge in [-0.15, -0.1) is 12.4 Å². The van der Waals surface area contributed by atoms with Gasteiger partial charge in [-0.25, -0.2) is 0 Å². The van der Waals surface area contributed by atoms with Gasteiger partial charge >= 0.3 is 5.97 Å². The van der Waals surface area contributed by atoms with Gasteiger partial charge in [-0.2, -0.15) is 0 Å². The van der Waals surface area contributed by atoms with Crippen LogP contribution in [0.1, 0.15) is 31.9 Å². The Labute approximate surface area is 145 Å². The number of hydrogen-bond acceptors (Lipinski definition) is 4. The highest BCUT2D eigenvalue weighted by Gasteiger charge is 2.21. The first kappa shape index (κ1) is 20.9. The molecule has 0 aliphatic heterocycles. The summed E-state index contributed by atoms with van der Waals surface area (Å²) in [7, 11) is 0. The van der Waals surface area contributed by atoms with Crippen molar-refractivity contribution in [1.82, 2.24) is 5.32 Å². The predicted molar refractivity (Wildman–Crippen MR) is 91.7 cm³/mol. The molecule has 124 valence electrons. The molecule has 0 aromatic heterocycles. The van der Waals surface area contributed by atoms with Crippen molar-refractivity contribution in [2.45, 2.75) is 26.3 Å². The zero-order valence-electron chi connectivity index (χ0n) is 12.7. The van der Waals surface area contributed by atoms with Crippen molar-refractivity contribution in [1.29, 1.82) is 0 Å². The van der Waals surface area contributed by atoms with E-state index in [0.29, 0.717) is 6.61 Å². The van der Waals surface area contributed by atoms with E-state index in [1.807, 2.05) is 24.3 Å². The van der Waals surface area contributed by atoms with Gasteiger partial charge in [-0.05, 0) is 24.6 Å². The Morgan fingerprint density at radius 3 is 2.41 bits per heavy atom. The summed E-state index contributed by atoms with van der Waals surface area (Å²) in [5.41, 5.74) is 6.35. The fourth-order valence-electron chi connectivity index (χ4n) is 1.75. The van der Waals surface area contributed by atoms with Crippen molar-refractivity contribution < 1.29 is 14.3 Å². The summed E-state index contributed by atoms with van der Waals surface area (Å²) in [5.74, 6) is -0.814. The number of hydrogen-bond donors (Lipinski definition) is 2. The molecule has 2 unspecified atom stereocenters. The van der Waals surface area contributed by atoms with Gasteiger partial charge in [-0.3, -0.25) is 9.59 Å². The molecule has 0 saturated carbocycles. The molecule has 7 heteroatoms. The van der Waals surface area contributed by atoms with Crippen molar-refractivity contribution in [3.8, 4) is 0 Å². The number of rotatable bonds is 7. The molecular weight excluding hydrogens is 372 g/mol. The summed E-state index contributed by atoms with van der Waals surface area (Å²) in [4.78, 5) is 23.7. The maximum atomic E-state index is 12.0. The summed E-state index contributed by atoms with van der Waals surface area (Å²) in [5, 5.41) is 2.86. The van der Waals surface area contributed by atoms with Crippen LogP contribution in [0.25, 0.3) is 0 Å². The van der Waals surface area contributed by atoms with Crippen LogP contribution in [0.15, 0.2) is 28.7 Å². The van der Waals surface area contributed by atoms with E-state index in [0.717, 1.165) is 10.0 Å². The number of esters is 1. The molecular formula is C15H22BrClN2O3. The topological polar surface area (TPSA) is 81.4 Å². The molecule has 1 amide bonds. The third-order valence-electron chi connectivity index (χ3n) is 3.07. The van der Waals surface area contributed by atoms with Crippen molar-refractivity contribution in [2.75, 3.05) is 13.2 Å². The van der Waals surface area contributed by atoms with Gasteiger partial charge in [0.05, 0.1) is 19.1 Å². The summed E-state index contributed by atoms with van der Waals surface area (Å²) in [6, 6.07) is 7.04. The maximum absolute atomic E-state index is 12.0. The molecule has 0 aliphatic carbocycles. The van der Waals surface area contributed by atoms with Crippen LogP contribution in [0.4, 0.5) is 0 Å². The first-order valence-electron chi connectivity index (χ1n) is 6.89. The second kappa shape index (κ2) is 10.6. The van der Waals surface area contributed by atoms with Crippen molar-refractivity contribution in [2.24, 2.45) is 11.7 Å². The quantitative estimate of drug-likeness (QED) is 0.698. The van der Waals surface area contributed by atoms with Crippen LogP contribution in [0, 0.1) is 5.92 Å². The Morgan fingerprint density at radius 2 is 1.91 bits per heavy atom. The average molecular weight is 394 g/mol. The largest absolute Gasteiger partial charge is 0.466 e. The highest BCUT2D eigenvalue weighted by molar-refractivity contribution is 9.10. The lowest BCUT2D eigenvalue weighted by Gasteiger charge is -2.20. The highest BCUT2D eigenvalue weighted by Crippen LogP contribution is 2.20. The van der Waals surface area contributed by atoms with E-state index in [1.54, 1.807) is 13.8 Å². The smallest absolute Gasteiger partial charge is 0.308 e. The van der Waals surface area contributed by atoms with Crippen molar-refractivity contribution >= 4 is 40.2 Å². The van der Waals surface area contributed by atoms with E-state index in [1.165, 1.54) is 0 Å². The predicted octanol–water partition coefficient (Wildman–Crippen LogP) is 2.58. The van der Waals surface area contributed by atoms with Gasteiger partial charge < -0.3 is 15.8 Å². The van der Waals surface area contributed by atoms with Crippen LogP contribution in [0.3, 0.4) is 0 Å². The molecule has 0 aliphatic rings. The highest BCUT2D eigenvalue weighted by atomic mass is 79.9. The number of halogens is 2. The Kier molecular flexibility index (Phi) is 10.1. The molecule has 1 rings (SSSR count). The fraction of sp³-hybridized carbons (Fsp3) is 0.467. The molecule has 0 spiro atoms. The monoisotopic (exact) mass is 392 g/mol. The number of nitrogens with one attached hydrogen (secondary N) is 1. The SMILES string of the molecule is CCOC(=O)CC(NC(=O)C(C)CN)c1ccc(Br)cc1.Cl. The number of carbonyl (C=O) groups is 2. The third kappa shape index (κ3) is 6.77. The van der Waals surface area contributed by atoms with Crippen LogP contribution in [-0.2, 0) is 14.3 Å². The lowest BCUT2D eigenvalue weighted by Crippen LogP contribution is -2.37. The number of ether oxygens (including phenoxy) is 1. The van der Waals surface area contributed by atoms with Gasteiger partial charge in [0.15, 0.2) is 0 Å². The molecule has 0 bridgehead atoms. The molecule has 1 aromatic carbocycles. The van der Waals surface area contributed by atoms with E-state index in [2.05, 4.69) is 21.2 Å². The van der Waals surface area contributed by atoms with E-state index in [4.69, 9.17) is 10.5 Å². The number of benzene rings is 1. The second-order valence-corrected chi connectivity index (χ2v) is 5.67. The van der Waals surface area contributed by atoms with E-state index < -0.39 is 6.04 Å². The Morgan fingerprint density at radius 1 is 1.32 bits per heavy atom. The zero-order valence-corrected chi connectivity index (χ0v) is 15.1. The van der Waals surface area contributed by atoms with Gasteiger partial charge in [0.25, 0.3) is 0 Å². The molecule has 5 nitrogen and oxygen atoms in total. The lowest BCUT2D eigenvalue weighted by atomic mass is 10.0. The minimum absolute atomic E-state index is 0. The molecule has 0 saturated heterocycles. The lowest BCUT2D eigenvalue weighted by molar-refractivity contribution is -0.143. The summed E-state index contributed by atoms with van der Waals surface area (Å²) in [6.45, 7) is 4.08. The molecule has 22 heavy (non-hydrogen) atoms. The van der Waals surface area contributed by atoms with Crippen LogP contribution in [0.2, 0.25) is 0 Å². The average Bonchev–Trinajstić information content (AvgIpc) is 2.46. The zero-order chi connectivity index (χ0) is 15.8. The van der Waals surface area contributed by atoms with Crippen LogP contribution in [-0.4, -0.2) is 25.0 Å². The van der Waals surface area contributed by atoms with E-state index in [-0.39, 0.29) is 43.2 Å². The number of nitrogens with two attached hydrogens (primary N) is 1. The number of carbonyl (C=O) groups excluding carboxylic acids is 2.